The number of rotatable bonds is 4. The summed E-state index contributed by atoms with van der Waals surface area (Å²) in [7, 11) is 0. The molecular weight excluding hydrogens is 288 g/mol. The molecule has 0 amide bonds. The molecule has 22 heavy (non-hydrogen) atoms. The zero-order valence-corrected chi connectivity index (χ0v) is 12.3. The summed E-state index contributed by atoms with van der Waals surface area (Å²) in [4.78, 5) is 16.8. The molecule has 1 aliphatic heterocycles. The molecule has 0 unspecified atom stereocenters. The summed E-state index contributed by atoms with van der Waals surface area (Å²) in [6.07, 6.45) is 1.11. The van der Waals surface area contributed by atoms with Crippen LogP contribution in [0.25, 0.3) is 11.3 Å². The van der Waals surface area contributed by atoms with Gasteiger partial charge in [0.15, 0.2) is 17.4 Å². The first-order chi connectivity index (χ1) is 10.6. The average Bonchev–Trinajstić information content (AvgIpc) is 2.90. The minimum absolute atomic E-state index is 0.0656. The molecule has 1 N–H and O–H groups in total. The monoisotopic (exact) mass is 305 g/mol. The lowest BCUT2D eigenvalue weighted by Gasteiger charge is -2.17. The quantitative estimate of drug-likeness (QED) is 0.884. The lowest BCUT2D eigenvalue weighted by Crippen LogP contribution is -2.28. The number of Topliss-reactive ketones (excluding diaryl/α,β-unsaturated/α-hetero) is 1. The van der Waals surface area contributed by atoms with Crippen molar-refractivity contribution in [3.8, 4) is 11.3 Å². The molecule has 2 heterocycles. The molecule has 2 aromatic rings. The van der Waals surface area contributed by atoms with Gasteiger partial charge in [0.05, 0.1) is 12.2 Å². The van der Waals surface area contributed by atoms with E-state index in [-0.39, 0.29) is 5.78 Å². The molecule has 0 aliphatic carbocycles. The van der Waals surface area contributed by atoms with E-state index in [1.165, 1.54) is 6.07 Å². The van der Waals surface area contributed by atoms with Gasteiger partial charge < -0.3 is 9.88 Å². The van der Waals surface area contributed by atoms with Crippen LogP contribution >= 0.6 is 0 Å². The highest BCUT2D eigenvalue weighted by Gasteiger charge is 2.25. The second-order valence-electron chi connectivity index (χ2n) is 5.36. The van der Waals surface area contributed by atoms with Crippen molar-refractivity contribution in [2.45, 2.75) is 32.9 Å². The molecule has 0 spiro atoms. The number of carbonyl (C=O) groups is 1. The minimum Gasteiger partial charge on any atom is -0.325 e. The van der Waals surface area contributed by atoms with Crippen LogP contribution in [0.1, 0.15) is 36.1 Å². The molecule has 0 bridgehead atoms. The van der Waals surface area contributed by atoms with Crippen LogP contribution in [0.15, 0.2) is 18.2 Å². The fourth-order valence-corrected chi connectivity index (χ4v) is 2.74. The molecule has 0 atom stereocenters. The molecule has 0 radical (unpaired) electrons. The molecule has 0 fully saturated rings. The lowest BCUT2D eigenvalue weighted by atomic mass is 10.1. The first-order valence-corrected chi connectivity index (χ1v) is 7.40. The van der Waals surface area contributed by atoms with Crippen molar-refractivity contribution in [3.05, 3.63) is 41.4 Å². The number of hydrogen-bond donors (Lipinski definition) is 1. The Morgan fingerprint density at radius 2 is 2.18 bits per heavy atom. The predicted octanol–water partition coefficient (Wildman–Crippen LogP) is 2.91. The highest BCUT2D eigenvalue weighted by atomic mass is 19.2. The highest BCUT2D eigenvalue weighted by molar-refractivity contribution is 6.00. The molecule has 3 rings (SSSR count). The number of hydrogen-bond acceptors (Lipinski definition) is 3. The van der Waals surface area contributed by atoms with Gasteiger partial charge in [-0.3, -0.25) is 4.79 Å². The van der Waals surface area contributed by atoms with Crippen molar-refractivity contribution in [2.75, 3.05) is 6.54 Å². The number of carbonyl (C=O) groups excluding carboxylic acids is 1. The van der Waals surface area contributed by atoms with Crippen LogP contribution in [-0.4, -0.2) is 21.9 Å². The number of nitrogens with one attached hydrogen (secondary N) is 1. The molecular formula is C16H17F2N3O. The Morgan fingerprint density at radius 3 is 2.91 bits per heavy atom. The summed E-state index contributed by atoms with van der Waals surface area (Å²) in [5.74, 6) is -1.13. The van der Waals surface area contributed by atoms with Gasteiger partial charge >= 0.3 is 0 Å². The second kappa shape index (κ2) is 5.96. The lowest BCUT2D eigenvalue weighted by molar-refractivity contribution is 0.0978. The Kier molecular flexibility index (Phi) is 4.02. The Bertz CT molecular complexity index is 724. The molecule has 1 aliphatic rings. The van der Waals surface area contributed by atoms with Crippen LogP contribution < -0.4 is 5.32 Å². The van der Waals surface area contributed by atoms with E-state index >= 15 is 0 Å². The van der Waals surface area contributed by atoms with Gasteiger partial charge in [-0.1, -0.05) is 6.92 Å². The molecule has 1 aromatic heterocycles. The van der Waals surface area contributed by atoms with Crippen LogP contribution in [0.4, 0.5) is 8.78 Å². The Balaban J connectivity index is 2.16. The summed E-state index contributed by atoms with van der Waals surface area (Å²) in [6.45, 7) is 3.89. The van der Waals surface area contributed by atoms with E-state index < -0.39 is 11.6 Å². The third kappa shape index (κ3) is 2.54. The Labute approximate surface area is 127 Å². The van der Waals surface area contributed by atoms with Crippen LogP contribution in [0, 0.1) is 11.6 Å². The van der Waals surface area contributed by atoms with E-state index in [0.717, 1.165) is 30.9 Å². The van der Waals surface area contributed by atoms with E-state index in [0.29, 0.717) is 36.5 Å². The third-order valence-corrected chi connectivity index (χ3v) is 3.78. The van der Waals surface area contributed by atoms with E-state index in [1.807, 2.05) is 11.5 Å². The molecule has 0 saturated heterocycles. The summed E-state index contributed by atoms with van der Waals surface area (Å²) in [6, 6.07) is 3.71. The van der Waals surface area contributed by atoms with Crippen LogP contribution in [0.2, 0.25) is 0 Å². The first kappa shape index (κ1) is 14.8. The zero-order chi connectivity index (χ0) is 15.7. The fraction of sp³-hybridized carbons (Fsp3) is 0.375. The number of ketones is 1. The molecule has 1 aromatic carbocycles. The minimum atomic E-state index is -0.920. The van der Waals surface area contributed by atoms with Gasteiger partial charge in [-0.15, -0.1) is 0 Å². The number of imidazole rings is 1. The topological polar surface area (TPSA) is 46.9 Å². The third-order valence-electron chi connectivity index (χ3n) is 3.78. The van der Waals surface area contributed by atoms with Crippen molar-refractivity contribution in [1.29, 1.82) is 0 Å². The number of benzene rings is 1. The van der Waals surface area contributed by atoms with E-state index in [2.05, 4.69) is 10.3 Å². The molecule has 4 nitrogen and oxygen atoms in total. The molecule has 116 valence electrons. The van der Waals surface area contributed by atoms with E-state index in [1.54, 1.807) is 0 Å². The van der Waals surface area contributed by atoms with Gasteiger partial charge in [0.2, 0.25) is 0 Å². The standard InChI is InChI=1S/C16H17F2N3O/c1-2-3-13(22)15-16(10-4-5-11(17)12(18)8-10)21-7-6-19-9-14(21)20-15/h4-5,8,19H,2-3,6-7,9H2,1H3. The summed E-state index contributed by atoms with van der Waals surface area (Å²) in [5.41, 5.74) is 1.43. The molecule has 6 heteroatoms. The van der Waals surface area contributed by atoms with Crippen molar-refractivity contribution in [3.63, 3.8) is 0 Å². The van der Waals surface area contributed by atoms with Crippen molar-refractivity contribution in [2.24, 2.45) is 0 Å². The maximum absolute atomic E-state index is 13.6. The summed E-state index contributed by atoms with van der Waals surface area (Å²) >= 11 is 0. The van der Waals surface area contributed by atoms with Gasteiger partial charge in [-0.2, -0.15) is 0 Å². The number of fused-ring (bicyclic) bond motifs is 1. The Morgan fingerprint density at radius 1 is 1.36 bits per heavy atom. The van der Waals surface area contributed by atoms with Gasteiger partial charge in [-0.05, 0) is 24.6 Å². The van der Waals surface area contributed by atoms with Crippen molar-refractivity contribution >= 4 is 5.78 Å². The van der Waals surface area contributed by atoms with Crippen molar-refractivity contribution < 1.29 is 13.6 Å². The second-order valence-corrected chi connectivity index (χ2v) is 5.36. The first-order valence-electron chi connectivity index (χ1n) is 7.40. The maximum atomic E-state index is 13.6. The number of aromatic nitrogens is 2. The van der Waals surface area contributed by atoms with Crippen LogP contribution in [0.3, 0.4) is 0 Å². The maximum Gasteiger partial charge on any atom is 0.183 e. The smallest absolute Gasteiger partial charge is 0.183 e. The fourth-order valence-electron chi connectivity index (χ4n) is 2.74. The van der Waals surface area contributed by atoms with Gasteiger partial charge in [0.1, 0.15) is 11.5 Å². The largest absolute Gasteiger partial charge is 0.325 e. The normalized spacial score (nSPS) is 14.0. The Hall–Kier alpha value is -2.08. The molecule has 0 saturated carbocycles. The summed E-state index contributed by atoms with van der Waals surface area (Å²) < 4.78 is 28.7. The highest BCUT2D eigenvalue weighted by Crippen LogP contribution is 2.29. The average molecular weight is 305 g/mol. The predicted molar refractivity (Wildman–Crippen MR) is 78.5 cm³/mol. The van der Waals surface area contributed by atoms with Gasteiger partial charge in [-0.25, -0.2) is 13.8 Å². The van der Waals surface area contributed by atoms with Crippen molar-refractivity contribution in [1.82, 2.24) is 14.9 Å². The summed E-state index contributed by atoms with van der Waals surface area (Å²) in [5, 5.41) is 3.20. The number of nitrogens with zero attached hydrogens (tertiary/aromatic N) is 2. The van der Waals surface area contributed by atoms with Gasteiger partial charge in [0.25, 0.3) is 0 Å². The van der Waals surface area contributed by atoms with E-state index in [9.17, 15) is 13.6 Å². The van der Waals surface area contributed by atoms with E-state index in [4.69, 9.17) is 0 Å². The van der Waals surface area contributed by atoms with Crippen LogP contribution in [-0.2, 0) is 13.1 Å². The van der Waals surface area contributed by atoms with Crippen LogP contribution in [0.5, 0.6) is 0 Å². The SMILES string of the molecule is CCCC(=O)c1nc2n(c1-c1ccc(F)c(F)c1)CCNC2. The number of halogens is 2. The zero-order valence-electron chi connectivity index (χ0n) is 12.3. The van der Waals surface area contributed by atoms with Gasteiger partial charge in [0, 0.05) is 25.1 Å².